The van der Waals surface area contributed by atoms with Crippen LogP contribution >= 0.6 is 0 Å². The van der Waals surface area contributed by atoms with Crippen molar-refractivity contribution >= 4 is 30.4 Å². The maximum atomic E-state index is 13.5. The van der Waals surface area contributed by atoms with Crippen LogP contribution in [0.1, 0.15) is 115 Å². The molecule has 0 radical (unpaired) electrons. The molecule has 2 amide bonds. The number of rotatable bonds is 18. The molecule has 1 fully saturated rings. The SMILES string of the molecule is CCCC#Cc1cc(C#CCCOCCCCCCN2CC(c3ccc4c(c3)COC(C)(C)O4)OC2=O)cc(S(=O)(=O)OC(=O)N(COCC[Si](C)(C)C)C(C)(C)C)c1. The highest BCUT2D eigenvalue weighted by molar-refractivity contribution is 7.87. The number of carbonyl (C=O) groups excluding carboxylic acids is 2. The Hall–Kier alpha value is -4.05. The van der Waals surface area contributed by atoms with Crippen LogP contribution in [-0.4, -0.2) is 89.4 Å². The molecule has 1 unspecified atom stereocenters. The first-order valence-electron chi connectivity index (χ1n) is 20.7. The second kappa shape index (κ2) is 21.5. The maximum Gasteiger partial charge on any atom is 0.427 e. The first kappa shape index (κ1) is 47.6. The molecule has 4 rings (SSSR count). The molecule has 324 valence electrons. The number of cyclic esters (lactones) is 1. The molecule has 0 bridgehead atoms. The number of carbonyl (C=O) groups is 2. The van der Waals surface area contributed by atoms with Gasteiger partial charge in [-0.05, 0) is 82.0 Å². The topological polar surface area (TPSA) is 130 Å². The van der Waals surface area contributed by atoms with Crippen molar-refractivity contribution in [1.29, 1.82) is 0 Å². The third kappa shape index (κ3) is 15.8. The van der Waals surface area contributed by atoms with Gasteiger partial charge in [-0.1, -0.05) is 69.2 Å². The predicted molar refractivity (Wildman–Crippen MR) is 230 cm³/mol. The normalized spacial score (nSPS) is 16.2. The number of unbranched alkanes of at least 4 members (excludes halogenated alkanes) is 4. The van der Waals surface area contributed by atoms with E-state index in [-0.39, 0.29) is 23.8 Å². The van der Waals surface area contributed by atoms with Crippen molar-refractivity contribution < 1.29 is 45.9 Å². The minimum absolute atomic E-state index is 0.0923. The molecule has 2 aliphatic heterocycles. The standard InChI is InChI=1S/C45H64N2O10SSi/c1-10-11-14-19-35-28-36(30-39(29-35)58(50,51)57-43(49)47(44(2,3)4)34-53-26-27-59(7,8)9)20-15-18-25-52-24-17-13-12-16-23-46-32-41(55-42(46)48)37-21-22-40-38(31-37)33-54-45(5,6)56-40/h21-22,28-31,41H,10-13,16-18,23-27,32-34H2,1-9H3. The summed E-state index contributed by atoms with van der Waals surface area (Å²) in [5.41, 5.74) is 2.04. The smallest absolute Gasteiger partial charge is 0.427 e. The average Bonchev–Trinajstić information content (AvgIpc) is 3.51. The molecule has 0 spiro atoms. The quantitative estimate of drug-likeness (QED) is 0.0471. The molecule has 2 heterocycles. The minimum atomic E-state index is -4.51. The van der Waals surface area contributed by atoms with Crippen LogP contribution in [-0.2, 0) is 39.9 Å². The molecule has 0 aromatic heterocycles. The van der Waals surface area contributed by atoms with Crippen LogP contribution in [0.2, 0.25) is 25.7 Å². The number of nitrogens with zero attached hydrogens (tertiary/aromatic N) is 2. The average molecular weight is 853 g/mol. The lowest BCUT2D eigenvalue weighted by molar-refractivity contribution is -0.180. The van der Waals surface area contributed by atoms with E-state index in [9.17, 15) is 18.0 Å². The fourth-order valence-corrected chi connectivity index (χ4v) is 7.76. The van der Waals surface area contributed by atoms with E-state index in [0.717, 1.165) is 55.0 Å². The van der Waals surface area contributed by atoms with Gasteiger partial charge in [0.25, 0.3) is 0 Å². The van der Waals surface area contributed by atoms with Gasteiger partial charge in [-0.2, -0.15) is 8.42 Å². The van der Waals surface area contributed by atoms with Crippen molar-refractivity contribution in [2.75, 3.05) is 39.6 Å². The van der Waals surface area contributed by atoms with E-state index in [1.807, 2.05) is 39.0 Å². The third-order valence-electron chi connectivity index (χ3n) is 9.58. The summed E-state index contributed by atoms with van der Waals surface area (Å²) in [7, 11) is -5.86. The van der Waals surface area contributed by atoms with Gasteiger partial charge in [-0.15, -0.1) is 0 Å². The zero-order valence-electron chi connectivity index (χ0n) is 36.5. The number of hydrogen-bond donors (Lipinski definition) is 0. The van der Waals surface area contributed by atoms with Gasteiger partial charge in [0, 0.05) is 76.8 Å². The molecule has 14 heteroatoms. The Balaban J connectivity index is 1.21. The highest BCUT2D eigenvalue weighted by Crippen LogP contribution is 2.35. The Morgan fingerprint density at radius 2 is 1.64 bits per heavy atom. The molecular weight excluding hydrogens is 789 g/mol. The van der Waals surface area contributed by atoms with Crippen molar-refractivity contribution in [3.63, 3.8) is 0 Å². The van der Waals surface area contributed by atoms with E-state index in [1.165, 1.54) is 17.0 Å². The van der Waals surface area contributed by atoms with Gasteiger partial charge in [0.1, 0.15) is 23.5 Å². The lowest BCUT2D eigenvalue weighted by Gasteiger charge is -2.34. The molecule has 12 nitrogen and oxygen atoms in total. The van der Waals surface area contributed by atoms with Crippen molar-refractivity contribution in [2.45, 2.75) is 141 Å². The molecule has 0 saturated carbocycles. The van der Waals surface area contributed by atoms with Crippen LogP contribution in [0.15, 0.2) is 41.3 Å². The van der Waals surface area contributed by atoms with Crippen molar-refractivity contribution in [1.82, 2.24) is 9.80 Å². The first-order valence-corrected chi connectivity index (χ1v) is 25.8. The number of fused-ring (bicyclic) bond motifs is 1. The highest BCUT2D eigenvalue weighted by Gasteiger charge is 2.35. The molecule has 2 aromatic carbocycles. The van der Waals surface area contributed by atoms with E-state index >= 15 is 0 Å². The molecule has 1 atom stereocenters. The molecule has 0 N–H and O–H groups in total. The Morgan fingerprint density at radius 3 is 2.32 bits per heavy atom. The van der Waals surface area contributed by atoms with Crippen molar-refractivity contribution in [3.05, 3.63) is 58.7 Å². The summed E-state index contributed by atoms with van der Waals surface area (Å²) in [6.45, 7) is 20.8. The number of benzene rings is 2. The molecule has 0 aliphatic carbocycles. The van der Waals surface area contributed by atoms with Crippen LogP contribution in [0, 0.1) is 23.7 Å². The lowest BCUT2D eigenvalue weighted by Crippen LogP contribution is -2.47. The predicted octanol–water partition coefficient (Wildman–Crippen LogP) is 9.23. The molecular formula is C45H64N2O10SSi. The summed E-state index contributed by atoms with van der Waals surface area (Å²) in [5.74, 6) is 12.3. The maximum absolute atomic E-state index is 13.5. The second-order valence-electron chi connectivity index (χ2n) is 17.6. The van der Waals surface area contributed by atoms with Crippen LogP contribution in [0.25, 0.3) is 0 Å². The highest BCUT2D eigenvalue weighted by atomic mass is 32.2. The monoisotopic (exact) mass is 852 g/mol. The van der Waals surface area contributed by atoms with Gasteiger partial charge in [0.05, 0.1) is 19.8 Å². The summed E-state index contributed by atoms with van der Waals surface area (Å²) in [6.07, 6.45) is 4.01. The van der Waals surface area contributed by atoms with Crippen LogP contribution in [0.4, 0.5) is 9.59 Å². The van der Waals surface area contributed by atoms with Gasteiger partial charge >= 0.3 is 22.3 Å². The number of hydrogen-bond acceptors (Lipinski definition) is 10. The van der Waals surface area contributed by atoms with E-state index in [2.05, 4.69) is 43.3 Å². The van der Waals surface area contributed by atoms with Gasteiger partial charge in [-0.25, -0.2) is 9.59 Å². The van der Waals surface area contributed by atoms with Crippen molar-refractivity contribution in [2.24, 2.45) is 0 Å². The van der Waals surface area contributed by atoms with E-state index < -0.39 is 35.6 Å². The summed E-state index contributed by atoms with van der Waals surface area (Å²) >= 11 is 0. The van der Waals surface area contributed by atoms with E-state index in [0.29, 0.717) is 63.5 Å². The van der Waals surface area contributed by atoms with Gasteiger partial charge in [0.2, 0.25) is 5.79 Å². The molecule has 2 aliphatic rings. The van der Waals surface area contributed by atoms with Gasteiger partial charge < -0.3 is 32.8 Å². The van der Waals surface area contributed by atoms with Crippen LogP contribution < -0.4 is 4.74 Å². The summed E-state index contributed by atoms with van der Waals surface area (Å²) in [4.78, 5) is 28.6. The summed E-state index contributed by atoms with van der Waals surface area (Å²) in [5, 5.41) is 0. The number of amides is 2. The zero-order valence-corrected chi connectivity index (χ0v) is 38.3. The molecule has 59 heavy (non-hydrogen) atoms. The fourth-order valence-electron chi connectivity index (χ4n) is 6.09. The second-order valence-corrected chi connectivity index (χ2v) is 24.8. The first-order chi connectivity index (χ1) is 27.8. The van der Waals surface area contributed by atoms with E-state index in [1.54, 1.807) is 31.7 Å². The zero-order chi connectivity index (χ0) is 43.3. The third-order valence-corrected chi connectivity index (χ3v) is 12.5. The van der Waals surface area contributed by atoms with Crippen LogP contribution in [0.3, 0.4) is 0 Å². The van der Waals surface area contributed by atoms with Gasteiger partial charge in [-0.3, -0.25) is 4.90 Å². The van der Waals surface area contributed by atoms with E-state index in [4.69, 9.17) is 27.9 Å². The van der Waals surface area contributed by atoms with Gasteiger partial charge in [0.15, 0.2) is 0 Å². The fraction of sp³-hybridized carbons (Fsp3) is 0.600. The Morgan fingerprint density at radius 1 is 0.949 bits per heavy atom. The molecule has 2 aromatic rings. The Kier molecular flexibility index (Phi) is 17.3. The minimum Gasteiger partial charge on any atom is -0.463 e. The Labute approximate surface area is 353 Å². The summed E-state index contributed by atoms with van der Waals surface area (Å²) in [6, 6.07) is 11.3. The lowest BCUT2D eigenvalue weighted by atomic mass is 10.0. The molecule has 1 saturated heterocycles. The van der Waals surface area contributed by atoms with Crippen LogP contribution in [0.5, 0.6) is 5.75 Å². The summed E-state index contributed by atoms with van der Waals surface area (Å²) < 4.78 is 61.0. The van der Waals surface area contributed by atoms with Crippen molar-refractivity contribution in [3.8, 4) is 29.4 Å². The number of ether oxygens (including phenoxy) is 5. The Bertz CT molecular complexity index is 1980. The largest absolute Gasteiger partial charge is 0.463 e.